The number of rotatable bonds is 8. The first-order chi connectivity index (χ1) is 12.0. The number of anilines is 2. The van der Waals surface area contributed by atoms with Crippen molar-refractivity contribution in [2.45, 2.75) is 26.8 Å². The van der Waals surface area contributed by atoms with Gasteiger partial charge >= 0.3 is 0 Å². The Labute approximate surface area is 153 Å². The Kier molecular flexibility index (Phi) is 6.95. The number of amides is 1. The highest BCUT2D eigenvalue weighted by Gasteiger charge is 2.10. The molecule has 0 unspecified atom stereocenters. The molecule has 0 atom stereocenters. The number of halogens is 1. The fourth-order valence-corrected chi connectivity index (χ4v) is 2.49. The van der Waals surface area contributed by atoms with Gasteiger partial charge in [-0.2, -0.15) is 0 Å². The van der Waals surface area contributed by atoms with Gasteiger partial charge in [-0.1, -0.05) is 18.5 Å². The summed E-state index contributed by atoms with van der Waals surface area (Å²) in [7, 11) is 1.61. The zero-order chi connectivity index (χ0) is 18.2. The summed E-state index contributed by atoms with van der Waals surface area (Å²) in [5.74, 6) is 1.22. The van der Waals surface area contributed by atoms with Crippen LogP contribution in [0.25, 0.3) is 0 Å². The lowest BCUT2D eigenvalue weighted by Gasteiger charge is -2.14. The highest BCUT2D eigenvalue weighted by atomic mass is 35.5. The number of hydrogen-bond acceptors (Lipinski definition) is 4. The molecule has 0 heterocycles. The van der Waals surface area contributed by atoms with E-state index in [9.17, 15) is 4.79 Å². The number of carbonyl (C=O) groups excluding carboxylic acids is 1. The molecule has 0 aliphatic heterocycles. The lowest BCUT2D eigenvalue weighted by molar-refractivity contribution is -0.114. The molecule has 0 bridgehead atoms. The molecule has 0 saturated carbocycles. The van der Waals surface area contributed by atoms with Gasteiger partial charge in [0.2, 0.25) is 5.91 Å². The molecule has 0 aliphatic rings. The average molecular weight is 363 g/mol. The smallest absolute Gasteiger partial charge is 0.221 e. The minimum atomic E-state index is -0.0926. The highest BCUT2D eigenvalue weighted by Crippen LogP contribution is 2.34. The molecule has 0 fully saturated rings. The summed E-state index contributed by atoms with van der Waals surface area (Å²) in [5.41, 5.74) is 2.60. The van der Waals surface area contributed by atoms with E-state index in [2.05, 4.69) is 10.6 Å². The predicted octanol–water partition coefficient (Wildman–Crippen LogP) is 4.71. The molecule has 5 nitrogen and oxygen atoms in total. The summed E-state index contributed by atoms with van der Waals surface area (Å²) >= 11 is 6.36. The van der Waals surface area contributed by atoms with Crippen LogP contribution in [0.2, 0.25) is 5.02 Å². The van der Waals surface area contributed by atoms with Crippen molar-refractivity contribution in [2.24, 2.45) is 0 Å². The van der Waals surface area contributed by atoms with Crippen LogP contribution in [0, 0.1) is 0 Å². The molecule has 0 aliphatic carbocycles. The van der Waals surface area contributed by atoms with E-state index in [4.69, 9.17) is 21.1 Å². The molecule has 134 valence electrons. The first-order valence-corrected chi connectivity index (χ1v) is 8.52. The van der Waals surface area contributed by atoms with Gasteiger partial charge in [-0.15, -0.1) is 0 Å². The van der Waals surface area contributed by atoms with Gasteiger partial charge in [-0.3, -0.25) is 4.79 Å². The summed E-state index contributed by atoms with van der Waals surface area (Å²) in [6.07, 6.45) is 0.915. The molecule has 25 heavy (non-hydrogen) atoms. The van der Waals surface area contributed by atoms with Crippen LogP contribution in [-0.4, -0.2) is 19.6 Å². The van der Waals surface area contributed by atoms with Crippen LogP contribution in [0.1, 0.15) is 25.8 Å². The van der Waals surface area contributed by atoms with E-state index in [1.54, 1.807) is 13.2 Å². The summed E-state index contributed by atoms with van der Waals surface area (Å²) < 4.78 is 11.0. The van der Waals surface area contributed by atoms with Crippen LogP contribution in [0.5, 0.6) is 11.5 Å². The van der Waals surface area contributed by atoms with E-state index in [1.165, 1.54) is 6.92 Å². The van der Waals surface area contributed by atoms with Crippen molar-refractivity contribution in [2.75, 3.05) is 24.4 Å². The maximum Gasteiger partial charge on any atom is 0.221 e. The van der Waals surface area contributed by atoms with E-state index < -0.39 is 0 Å². The van der Waals surface area contributed by atoms with Gasteiger partial charge in [-0.25, -0.2) is 0 Å². The van der Waals surface area contributed by atoms with E-state index in [-0.39, 0.29) is 5.91 Å². The number of benzene rings is 2. The van der Waals surface area contributed by atoms with Gasteiger partial charge in [-0.05, 0) is 42.3 Å². The molecular weight excluding hydrogens is 340 g/mol. The molecule has 0 radical (unpaired) electrons. The van der Waals surface area contributed by atoms with Crippen LogP contribution in [0.3, 0.4) is 0 Å². The highest BCUT2D eigenvalue weighted by molar-refractivity contribution is 6.31. The SMILES string of the molecule is CCCOc1cc(Cl)c(CNc2ccc(NC(C)=O)cc2)cc1OC. The van der Waals surface area contributed by atoms with Crippen molar-refractivity contribution in [3.8, 4) is 11.5 Å². The normalized spacial score (nSPS) is 10.2. The molecule has 2 aromatic rings. The second-order valence-corrected chi connectivity index (χ2v) is 5.96. The van der Waals surface area contributed by atoms with E-state index >= 15 is 0 Å². The Morgan fingerprint density at radius 1 is 1.12 bits per heavy atom. The summed E-state index contributed by atoms with van der Waals surface area (Å²) in [5, 5.41) is 6.66. The summed E-state index contributed by atoms with van der Waals surface area (Å²) in [4.78, 5) is 11.0. The zero-order valence-corrected chi connectivity index (χ0v) is 15.4. The molecule has 2 aromatic carbocycles. The molecule has 6 heteroatoms. The van der Waals surface area contributed by atoms with Crippen LogP contribution in [0.15, 0.2) is 36.4 Å². The maximum absolute atomic E-state index is 11.0. The van der Waals surface area contributed by atoms with Gasteiger partial charge in [0.25, 0.3) is 0 Å². The van der Waals surface area contributed by atoms with Gasteiger partial charge in [0.05, 0.1) is 13.7 Å². The topological polar surface area (TPSA) is 59.6 Å². The molecule has 0 spiro atoms. The van der Waals surface area contributed by atoms with Crippen molar-refractivity contribution in [3.05, 3.63) is 47.0 Å². The number of ether oxygens (including phenoxy) is 2. The quantitative estimate of drug-likeness (QED) is 0.714. The molecule has 2 rings (SSSR count). The molecular formula is C19H23ClN2O3. The van der Waals surface area contributed by atoms with Gasteiger partial charge in [0, 0.05) is 35.9 Å². The van der Waals surface area contributed by atoms with Gasteiger partial charge in [0.1, 0.15) is 0 Å². The van der Waals surface area contributed by atoms with Crippen molar-refractivity contribution in [1.82, 2.24) is 0 Å². The standard InChI is InChI=1S/C19H23ClN2O3/c1-4-9-25-19-11-17(20)14(10-18(19)24-3)12-21-15-5-7-16(8-6-15)22-13(2)23/h5-8,10-11,21H,4,9,12H2,1-3H3,(H,22,23). The zero-order valence-electron chi connectivity index (χ0n) is 14.7. The fourth-order valence-electron chi connectivity index (χ4n) is 2.27. The number of methoxy groups -OCH3 is 1. The largest absolute Gasteiger partial charge is 0.493 e. The van der Waals surface area contributed by atoms with Crippen LogP contribution < -0.4 is 20.1 Å². The predicted molar refractivity (Wildman–Crippen MR) is 102 cm³/mol. The Bertz CT molecular complexity index is 717. The minimum Gasteiger partial charge on any atom is -0.493 e. The number of carbonyl (C=O) groups is 1. The number of hydrogen-bond donors (Lipinski definition) is 2. The Morgan fingerprint density at radius 2 is 1.80 bits per heavy atom. The second kappa shape index (κ2) is 9.18. The molecule has 2 N–H and O–H groups in total. The van der Waals surface area contributed by atoms with E-state index in [0.29, 0.717) is 29.7 Å². The molecule has 0 aromatic heterocycles. The summed E-state index contributed by atoms with van der Waals surface area (Å²) in [6.45, 7) is 4.69. The van der Waals surface area contributed by atoms with Gasteiger partial charge in [0.15, 0.2) is 11.5 Å². The van der Waals surface area contributed by atoms with Crippen LogP contribution in [0.4, 0.5) is 11.4 Å². The first kappa shape index (κ1) is 18.9. The van der Waals surface area contributed by atoms with Crippen molar-refractivity contribution >= 4 is 28.9 Å². The van der Waals surface area contributed by atoms with E-state index in [1.807, 2.05) is 37.3 Å². The third-order valence-corrected chi connectivity index (χ3v) is 3.83. The Balaban J connectivity index is 2.05. The fraction of sp³-hybridized carbons (Fsp3) is 0.316. The first-order valence-electron chi connectivity index (χ1n) is 8.14. The van der Waals surface area contributed by atoms with Crippen molar-refractivity contribution in [3.63, 3.8) is 0 Å². The molecule has 0 saturated heterocycles. The molecule has 1 amide bonds. The minimum absolute atomic E-state index is 0.0926. The second-order valence-electron chi connectivity index (χ2n) is 5.56. The third kappa shape index (κ3) is 5.57. The monoisotopic (exact) mass is 362 g/mol. The Morgan fingerprint density at radius 3 is 2.40 bits per heavy atom. The van der Waals surface area contributed by atoms with Crippen molar-refractivity contribution < 1.29 is 14.3 Å². The maximum atomic E-state index is 11.0. The van der Waals surface area contributed by atoms with Crippen molar-refractivity contribution in [1.29, 1.82) is 0 Å². The van der Waals surface area contributed by atoms with Crippen LogP contribution in [-0.2, 0) is 11.3 Å². The third-order valence-electron chi connectivity index (χ3n) is 3.48. The summed E-state index contributed by atoms with van der Waals surface area (Å²) in [6, 6.07) is 11.1. The lowest BCUT2D eigenvalue weighted by Crippen LogP contribution is -2.06. The average Bonchev–Trinajstić information content (AvgIpc) is 2.59. The Hall–Kier alpha value is -2.40. The number of nitrogens with one attached hydrogen (secondary N) is 2. The van der Waals surface area contributed by atoms with Crippen LogP contribution >= 0.6 is 11.6 Å². The van der Waals surface area contributed by atoms with Gasteiger partial charge < -0.3 is 20.1 Å². The lowest BCUT2D eigenvalue weighted by atomic mass is 10.2. The van der Waals surface area contributed by atoms with E-state index in [0.717, 1.165) is 23.4 Å².